The van der Waals surface area contributed by atoms with E-state index in [9.17, 15) is 9.59 Å². The minimum Gasteiger partial charge on any atom is -0.355 e. The van der Waals surface area contributed by atoms with Crippen LogP contribution in [0.3, 0.4) is 0 Å². The molecule has 1 unspecified atom stereocenters. The molecule has 0 aromatic carbocycles. The van der Waals surface area contributed by atoms with Crippen LogP contribution in [0.2, 0.25) is 0 Å². The number of thioether (sulfide) groups is 1. The molecule has 0 spiro atoms. The molecule has 3 aromatic rings. The molecule has 0 bridgehead atoms. The highest BCUT2D eigenvalue weighted by Crippen LogP contribution is 2.35. The van der Waals surface area contributed by atoms with Crippen molar-refractivity contribution in [2.45, 2.75) is 51.1 Å². The Balaban J connectivity index is 2.05. The van der Waals surface area contributed by atoms with Crippen molar-refractivity contribution in [1.82, 2.24) is 14.9 Å². The Morgan fingerprint density at radius 3 is 2.75 bits per heavy atom. The summed E-state index contributed by atoms with van der Waals surface area (Å²) in [6.45, 7) is 9.27. The average Bonchev–Trinajstić information content (AvgIpc) is 3.31. The van der Waals surface area contributed by atoms with Gasteiger partial charge in [-0.2, -0.15) is 0 Å². The molecule has 1 amide bonds. The molecule has 5 nitrogen and oxygen atoms in total. The molecule has 3 aromatic heterocycles. The monoisotopic (exact) mass is 435 g/mol. The summed E-state index contributed by atoms with van der Waals surface area (Å²) in [4.78, 5) is 32.3. The Kier molecular flexibility index (Phi) is 6.95. The fourth-order valence-electron chi connectivity index (χ4n) is 2.84. The van der Waals surface area contributed by atoms with Gasteiger partial charge < -0.3 is 5.32 Å². The minimum atomic E-state index is -0.314. The van der Waals surface area contributed by atoms with Gasteiger partial charge in [0.15, 0.2) is 5.16 Å². The van der Waals surface area contributed by atoms with Crippen molar-refractivity contribution in [3.8, 4) is 10.4 Å². The predicted octanol–water partition coefficient (Wildman–Crippen LogP) is 4.85. The summed E-state index contributed by atoms with van der Waals surface area (Å²) in [7, 11) is 0. The van der Waals surface area contributed by atoms with Gasteiger partial charge in [-0.3, -0.25) is 14.2 Å². The van der Waals surface area contributed by atoms with E-state index in [0.717, 1.165) is 21.7 Å². The van der Waals surface area contributed by atoms with E-state index in [4.69, 9.17) is 4.98 Å². The Labute approximate surface area is 177 Å². The maximum Gasteiger partial charge on any atom is 0.263 e. The van der Waals surface area contributed by atoms with Crippen LogP contribution in [0.1, 0.15) is 34.1 Å². The van der Waals surface area contributed by atoms with Gasteiger partial charge in [0.05, 0.1) is 10.6 Å². The standard InChI is InChI=1S/C20H25N3O2S3/c1-5-8-21-17(24)13(4)28-20-22-18-16(19(25)23(20)10-12(2)3)14(11-27-18)15-7-6-9-26-15/h6-7,9,11-13H,5,8,10H2,1-4H3,(H,21,24). The molecule has 0 aliphatic heterocycles. The van der Waals surface area contributed by atoms with E-state index in [1.54, 1.807) is 15.9 Å². The van der Waals surface area contributed by atoms with E-state index in [1.165, 1.54) is 23.1 Å². The van der Waals surface area contributed by atoms with Gasteiger partial charge in [0, 0.05) is 28.9 Å². The van der Waals surface area contributed by atoms with Crippen LogP contribution in [0.15, 0.2) is 32.8 Å². The zero-order chi connectivity index (χ0) is 20.3. The highest BCUT2D eigenvalue weighted by molar-refractivity contribution is 8.00. The number of fused-ring (bicyclic) bond motifs is 1. The zero-order valence-corrected chi connectivity index (χ0v) is 19.0. The molecule has 1 N–H and O–H groups in total. The quantitative estimate of drug-likeness (QED) is 0.406. The molecule has 150 valence electrons. The maximum absolute atomic E-state index is 13.4. The topological polar surface area (TPSA) is 64.0 Å². The third-order valence-electron chi connectivity index (χ3n) is 4.19. The number of nitrogens with zero attached hydrogens (tertiary/aromatic N) is 2. The van der Waals surface area contributed by atoms with Crippen LogP contribution in [0.5, 0.6) is 0 Å². The van der Waals surface area contributed by atoms with Gasteiger partial charge in [-0.15, -0.1) is 22.7 Å². The number of rotatable bonds is 8. The molecule has 0 fully saturated rings. The number of hydrogen-bond acceptors (Lipinski definition) is 6. The van der Waals surface area contributed by atoms with E-state index in [-0.39, 0.29) is 16.7 Å². The second-order valence-corrected chi connectivity index (χ2v) is 10.2. The lowest BCUT2D eigenvalue weighted by atomic mass is 10.2. The normalized spacial score (nSPS) is 12.6. The Bertz CT molecular complexity index is 1010. The number of carbonyl (C=O) groups excluding carboxylic acids is 1. The van der Waals surface area contributed by atoms with Crippen LogP contribution < -0.4 is 10.9 Å². The van der Waals surface area contributed by atoms with E-state index >= 15 is 0 Å². The van der Waals surface area contributed by atoms with Crippen molar-refractivity contribution in [2.75, 3.05) is 6.54 Å². The number of amides is 1. The summed E-state index contributed by atoms with van der Waals surface area (Å²) >= 11 is 4.46. The highest BCUT2D eigenvalue weighted by Gasteiger charge is 2.22. The first-order valence-corrected chi connectivity index (χ1v) is 12.1. The lowest BCUT2D eigenvalue weighted by Crippen LogP contribution is -2.32. The second kappa shape index (κ2) is 9.24. The summed E-state index contributed by atoms with van der Waals surface area (Å²) < 4.78 is 1.74. The van der Waals surface area contributed by atoms with Gasteiger partial charge >= 0.3 is 0 Å². The molecular weight excluding hydrogens is 410 g/mol. The van der Waals surface area contributed by atoms with Crippen molar-refractivity contribution in [2.24, 2.45) is 5.92 Å². The first-order valence-electron chi connectivity index (χ1n) is 9.42. The van der Waals surface area contributed by atoms with Gasteiger partial charge in [-0.1, -0.05) is 38.6 Å². The van der Waals surface area contributed by atoms with Crippen molar-refractivity contribution in [3.63, 3.8) is 0 Å². The largest absolute Gasteiger partial charge is 0.355 e. The Morgan fingerprint density at radius 2 is 2.11 bits per heavy atom. The van der Waals surface area contributed by atoms with Crippen LogP contribution in [-0.4, -0.2) is 27.3 Å². The van der Waals surface area contributed by atoms with Crippen molar-refractivity contribution in [3.05, 3.63) is 33.2 Å². The van der Waals surface area contributed by atoms with Gasteiger partial charge in [-0.05, 0) is 30.7 Å². The number of thiophene rings is 2. The van der Waals surface area contributed by atoms with E-state index in [1.807, 2.05) is 36.7 Å². The second-order valence-electron chi connectivity index (χ2n) is 7.06. The lowest BCUT2D eigenvalue weighted by molar-refractivity contribution is -0.120. The number of hydrogen-bond donors (Lipinski definition) is 1. The van der Waals surface area contributed by atoms with E-state index in [2.05, 4.69) is 19.2 Å². The number of carbonyl (C=O) groups is 1. The minimum absolute atomic E-state index is 0.0213. The first kappa shape index (κ1) is 21.1. The molecular formula is C20H25N3O2S3. The molecule has 3 heterocycles. The van der Waals surface area contributed by atoms with Crippen molar-refractivity contribution < 1.29 is 4.79 Å². The molecule has 0 aliphatic rings. The third kappa shape index (κ3) is 4.50. The molecule has 0 radical (unpaired) electrons. The van der Waals surface area contributed by atoms with Crippen LogP contribution >= 0.6 is 34.4 Å². The van der Waals surface area contributed by atoms with Crippen LogP contribution in [-0.2, 0) is 11.3 Å². The Morgan fingerprint density at radius 1 is 1.32 bits per heavy atom. The van der Waals surface area contributed by atoms with E-state index < -0.39 is 0 Å². The number of aromatic nitrogens is 2. The zero-order valence-electron chi connectivity index (χ0n) is 16.5. The van der Waals surface area contributed by atoms with Crippen LogP contribution in [0, 0.1) is 5.92 Å². The van der Waals surface area contributed by atoms with Gasteiger partial charge in [-0.25, -0.2) is 4.98 Å². The fraction of sp³-hybridized carbons (Fsp3) is 0.450. The Hall–Kier alpha value is -1.64. The first-order chi connectivity index (χ1) is 13.4. The van der Waals surface area contributed by atoms with Crippen LogP contribution in [0.4, 0.5) is 0 Å². The summed E-state index contributed by atoms with van der Waals surface area (Å²) in [6.07, 6.45) is 0.895. The summed E-state index contributed by atoms with van der Waals surface area (Å²) in [6, 6.07) is 4.02. The predicted molar refractivity (Wildman–Crippen MR) is 121 cm³/mol. The average molecular weight is 436 g/mol. The molecule has 0 aliphatic carbocycles. The van der Waals surface area contributed by atoms with Gasteiger partial charge in [0.2, 0.25) is 5.91 Å². The van der Waals surface area contributed by atoms with Gasteiger partial charge in [0.25, 0.3) is 5.56 Å². The fourth-order valence-corrected chi connectivity index (χ4v) is 5.58. The van der Waals surface area contributed by atoms with E-state index in [0.29, 0.717) is 29.6 Å². The molecule has 0 saturated heterocycles. The molecule has 3 rings (SSSR count). The molecule has 28 heavy (non-hydrogen) atoms. The van der Waals surface area contributed by atoms with Crippen molar-refractivity contribution in [1.29, 1.82) is 0 Å². The summed E-state index contributed by atoms with van der Waals surface area (Å²) in [5, 5.41) is 7.92. The summed E-state index contributed by atoms with van der Waals surface area (Å²) in [5.41, 5.74) is 0.933. The molecule has 0 saturated carbocycles. The molecule has 8 heteroatoms. The maximum atomic E-state index is 13.4. The summed E-state index contributed by atoms with van der Waals surface area (Å²) in [5.74, 6) is 0.270. The number of nitrogens with one attached hydrogen (secondary N) is 1. The SMILES string of the molecule is CCCNC(=O)C(C)Sc1nc2scc(-c3cccs3)c2c(=O)n1CC(C)C. The smallest absolute Gasteiger partial charge is 0.263 e. The van der Waals surface area contributed by atoms with Crippen LogP contribution in [0.25, 0.3) is 20.7 Å². The lowest BCUT2D eigenvalue weighted by Gasteiger charge is -2.17. The van der Waals surface area contributed by atoms with Gasteiger partial charge in [0.1, 0.15) is 4.83 Å². The highest BCUT2D eigenvalue weighted by atomic mass is 32.2. The molecule has 1 atom stereocenters. The third-order valence-corrected chi connectivity index (χ3v) is 7.06. The van der Waals surface area contributed by atoms with Crippen molar-refractivity contribution >= 4 is 50.6 Å².